The fraction of sp³-hybridized carbons (Fsp3) is 0.0270. The summed E-state index contributed by atoms with van der Waals surface area (Å²) >= 11 is 1.77. The average molecular weight is 564 g/mol. The number of anilines is 3. The third-order valence-electron chi connectivity index (χ3n) is 7.96. The highest BCUT2D eigenvalue weighted by molar-refractivity contribution is 7.84. The average Bonchev–Trinajstić information content (AvgIpc) is 3.44. The molecule has 0 N–H and O–H groups in total. The van der Waals surface area contributed by atoms with Crippen molar-refractivity contribution in [3.63, 3.8) is 0 Å². The zero-order valence-electron chi connectivity index (χ0n) is 22.4. The molecule has 8 aromatic rings. The van der Waals surface area contributed by atoms with Crippen molar-refractivity contribution in [2.75, 3.05) is 11.2 Å². The molecule has 0 spiro atoms. The van der Waals surface area contributed by atoms with E-state index >= 15 is 0 Å². The van der Waals surface area contributed by atoms with Crippen LogP contribution in [0.25, 0.3) is 52.8 Å². The summed E-state index contributed by atoms with van der Waals surface area (Å²) in [7, 11) is -1.14. The molecule has 1 aromatic heterocycles. The van der Waals surface area contributed by atoms with Gasteiger partial charge in [0.2, 0.25) is 0 Å². The van der Waals surface area contributed by atoms with Crippen molar-refractivity contribution >= 4 is 81.6 Å². The molecule has 0 fully saturated rings. The van der Waals surface area contributed by atoms with Crippen LogP contribution in [-0.2, 0) is 10.8 Å². The summed E-state index contributed by atoms with van der Waals surface area (Å²) in [6.07, 6.45) is 1.79. The maximum atomic E-state index is 13.2. The summed E-state index contributed by atoms with van der Waals surface area (Å²) in [6, 6.07) is 47.3. The SMILES string of the molecule is CS(=O)c1cc2ccc3cccc4ccc(c1-c1cc5ccc(N(c6ccccc6)c6ccccc6)cc5s1)c2c34. The van der Waals surface area contributed by atoms with Crippen molar-refractivity contribution in [2.24, 2.45) is 0 Å². The lowest BCUT2D eigenvalue weighted by atomic mass is 9.91. The summed E-state index contributed by atoms with van der Waals surface area (Å²) in [4.78, 5) is 4.32. The van der Waals surface area contributed by atoms with Gasteiger partial charge in [-0.25, -0.2) is 0 Å². The first-order valence-corrected chi connectivity index (χ1v) is 16.0. The van der Waals surface area contributed by atoms with E-state index < -0.39 is 10.8 Å². The molecule has 0 saturated heterocycles. The number of para-hydroxylation sites is 2. The Hall–Kier alpha value is -4.51. The van der Waals surface area contributed by atoms with Gasteiger partial charge in [0.25, 0.3) is 0 Å². The first-order chi connectivity index (χ1) is 20.2. The standard InChI is InChI=1S/C37H25NOS2/c1-41(39)34-22-27-16-15-24-9-8-10-25-18-20-31(36(27)35(24)25)37(34)33-21-26-17-19-30(23-32(26)40-33)38(28-11-4-2-5-12-28)29-13-6-3-7-14-29/h2-23H,1H3. The molecule has 196 valence electrons. The van der Waals surface area contributed by atoms with Gasteiger partial charge in [0.05, 0.1) is 10.8 Å². The normalized spacial score (nSPS) is 12.5. The number of thiophene rings is 1. The monoisotopic (exact) mass is 563 g/mol. The smallest absolute Gasteiger partial charge is 0.0505 e. The van der Waals surface area contributed by atoms with Gasteiger partial charge in [-0.1, -0.05) is 84.9 Å². The fourth-order valence-corrected chi connectivity index (χ4v) is 8.18. The van der Waals surface area contributed by atoms with Crippen molar-refractivity contribution in [2.45, 2.75) is 4.90 Å². The number of nitrogens with zero attached hydrogens (tertiary/aromatic N) is 1. The van der Waals surface area contributed by atoms with Crippen LogP contribution in [0.1, 0.15) is 0 Å². The molecule has 7 aromatic carbocycles. The molecule has 0 aliphatic heterocycles. The Labute approximate surface area is 244 Å². The van der Waals surface area contributed by atoms with Crippen LogP contribution < -0.4 is 4.90 Å². The van der Waals surface area contributed by atoms with Gasteiger partial charge in [-0.15, -0.1) is 11.3 Å². The van der Waals surface area contributed by atoms with E-state index in [0.717, 1.165) is 37.8 Å². The Bertz CT molecular complexity index is 2180. The van der Waals surface area contributed by atoms with Gasteiger partial charge in [-0.05, 0) is 86.2 Å². The highest BCUT2D eigenvalue weighted by Gasteiger charge is 2.20. The van der Waals surface area contributed by atoms with Crippen molar-refractivity contribution in [3.8, 4) is 10.4 Å². The highest BCUT2D eigenvalue weighted by Crippen LogP contribution is 2.46. The summed E-state index contributed by atoms with van der Waals surface area (Å²) in [6.45, 7) is 0. The van der Waals surface area contributed by atoms with Gasteiger partial charge in [-0.2, -0.15) is 0 Å². The summed E-state index contributed by atoms with van der Waals surface area (Å²) < 4.78 is 14.4. The van der Waals surface area contributed by atoms with Gasteiger partial charge in [0, 0.05) is 43.4 Å². The van der Waals surface area contributed by atoms with E-state index in [-0.39, 0.29) is 0 Å². The van der Waals surface area contributed by atoms with Crippen LogP contribution in [0.4, 0.5) is 17.1 Å². The molecule has 4 heteroatoms. The molecule has 0 radical (unpaired) electrons. The van der Waals surface area contributed by atoms with E-state index in [0.29, 0.717) is 0 Å². The zero-order valence-corrected chi connectivity index (χ0v) is 24.0. The minimum absolute atomic E-state index is 0.887. The molecule has 1 heterocycles. The Kier molecular flexibility index (Phi) is 5.66. The van der Waals surface area contributed by atoms with E-state index in [4.69, 9.17) is 0 Å². The lowest BCUT2D eigenvalue weighted by Crippen LogP contribution is -2.09. The maximum Gasteiger partial charge on any atom is 0.0505 e. The van der Waals surface area contributed by atoms with Crippen molar-refractivity contribution in [1.82, 2.24) is 0 Å². The summed E-state index contributed by atoms with van der Waals surface area (Å²) in [5.74, 6) is 0. The number of rotatable bonds is 5. The lowest BCUT2D eigenvalue weighted by molar-refractivity contribution is 0.687. The van der Waals surface area contributed by atoms with E-state index in [9.17, 15) is 4.21 Å². The Morgan fingerprint density at radius 1 is 0.561 bits per heavy atom. The second-order valence-electron chi connectivity index (χ2n) is 10.4. The Morgan fingerprint density at radius 2 is 1.20 bits per heavy atom. The molecule has 0 aliphatic carbocycles. The predicted molar refractivity (Wildman–Crippen MR) is 178 cm³/mol. The minimum atomic E-state index is -1.14. The quantitative estimate of drug-likeness (QED) is 0.194. The second-order valence-corrected chi connectivity index (χ2v) is 12.8. The van der Waals surface area contributed by atoms with Crippen LogP contribution in [0, 0.1) is 0 Å². The van der Waals surface area contributed by atoms with E-state index in [1.807, 2.05) is 12.1 Å². The molecule has 0 saturated carbocycles. The topological polar surface area (TPSA) is 20.3 Å². The molecule has 1 atom stereocenters. The maximum absolute atomic E-state index is 13.2. The largest absolute Gasteiger partial charge is 0.310 e. The molecule has 1 unspecified atom stereocenters. The second kappa shape index (κ2) is 9.55. The van der Waals surface area contributed by atoms with Crippen molar-refractivity contribution in [3.05, 3.63) is 133 Å². The third-order valence-corrected chi connectivity index (χ3v) is 10.0. The van der Waals surface area contributed by atoms with Crippen molar-refractivity contribution in [1.29, 1.82) is 0 Å². The van der Waals surface area contributed by atoms with Crippen LogP contribution in [0.5, 0.6) is 0 Å². The first-order valence-electron chi connectivity index (χ1n) is 13.6. The lowest BCUT2D eigenvalue weighted by Gasteiger charge is -2.25. The van der Waals surface area contributed by atoms with E-state index in [2.05, 4.69) is 126 Å². The van der Waals surface area contributed by atoms with Crippen molar-refractivity contribution < 1.29 is 4.21 Å². The molecular formula is C37H25NOS2. The van der Waals surface area contributed by atoms with Crippen LogP contribution in [0.2, 0.25) is 0 Å². The zero-order chi connectivity index (χ0) is 27.5. The molecule has 0 amide bonds. The summed E-state index contributed by atoms with van der Waals surface area (Å²) in [5.41, 5.74) is 4.43. The highest BCUT2D eigenvalue weighted by atomic mass is 32.2. The molecule has 0 aliphatic rings. The van der Waals surface area contributed by atoms with Gasteiger partial charge >= 0.3 is 0 Å². The number of hydrogen-bond acceptors (Lipinski definition) is 3. The minimum Gasteiger partial charge on any atom is -0.310 e. The van der Waals surface area contributed by atoms with Crippen LogP contribution in [0.15, 0.2) is 138 Å². The first kappa shape index (κ1) is 24.3. The number of fused-ring (bicyclic) bond motifs is 1. The Balaban J connectivity index is 1.36. The van der Waals surface area contributed by atoms with Crippen LogP contribution in [0.3, 0.4) is 0 Å². The molecule has 2 nitrogen and oxygen atoms in total. The molecule has 8 rings (SSSR count). The third kappa shape index (κ3) is 3.94. The molecule has 0 bridgehead atoms. The molecule has 41 heavy (non-hydrogen) atoms. The molecular weight excluding hydrogens is 539 g/mol. The summed E-state index contributed by atoms with van der Waals surface area (Å²) in [5, 5.41) is 8.50. The van der Waals surface area contributed by atoms with E-state index in [1.165, 1.54) is 37.0 Å². The number of hydrogen-bond donors (Lipinski definition) is 0. The fourth-order valence-electron chi connectivity index (χ4n) is 6.15. The van der Waals surface area contributed by atoms with Gasteiger partial charge in [0.15, 0.2) is 0 Å². The van der Waals surface area contributed by atoms with Gasteiger partial charge in [0.1, 0.15) is 0 Å². The van der Waals surface area contributed by atoms with E-state index in [1.54, 1.807) is 17.6 Å². The van der Waals surface area contributed by atoms with Gasteiger partial charge < -0.3 is 4.90 Å². The number of benzene rings is 7. The predicted octanol–water partition coefficient (Wildman–Crippen LogP) is 10.7. The van der Waals surface area contributed by atoms with Crippen LogP contribution in [-0.4, -0.2) is 10.5 Å². The van der Waals surface area contributed by atoms with Gasteiger partial charge in [-0.3, -0.25) is 4.21 Å². The van der Waals surface area contributed by atoms with Crippen LogP contribution >= 0.6 is 11.3 Å². The Morgan fingerprint density at radius 3 is 1.88 bits per heavy atom.